The molecule has 2 N–H and O–H groups in total. The summed E-state index contributed by atoms with van der Waals surface area (Å²) in [5.41, 5.74) is 0.962. The summed E-state index contributed by atoms with van der Waals surface area (Å²) in [6, 6.07) is 7.40. The van der Waals surface area contributed by atoms with Crippen LogP contribution in [0.4, 0.5) is 0 Å². The molecule has 1 atom stereocenters. The number of hydrogen-bond donors (Lipinski definition) is 2. The number of ether oxygens (including phenoxy) is 1. The summed E-state index contributed by atoms with van der Waals surface area (Å²) in [7, 11) is 1.52. The molecule has 0 saturated heterocycles. The Balaban J connectivity index is 2.50. The number of rotatable bonds is 5. The topological polar surface area (TPSA) is 65.3 Å². The standard InChI is InChI=1S/C12H16N2O2/c1-9(6-13)7-14-8-10-3-4-12(16-2)11(15)5-10/h3-5,9,14-15H,7-8H2,1-2H3. The molecule has 1 aromatic carbocycles. The fourth-order valence-electron chi connectivity index (χ4n) is 1.32. The Morgan fingerprint density at radius 1 is 1.56 bits per heavy atom. The maximum absolute atomic E-state index is 9.54. The Morgan fingerprint density at radius 3 is 2.88 bits per heavy atom. The first-order chi connectivity index (χ1) is 7.67. The number of benzene rings is 1. The third-order valence-electron chi connectivity index (χ3n) is 2.24. The van der Waals surface area contributed by atoms with E-state index >= 15 is 0 Å². The van der Waals surface area contributed by atoms with Crippen molar-refractivity contribution in [1.29, 1.82) is 5.26 Å². The second kappa shape index (κ2) is 5.99. The van der Waals surface area contributed by atoms with Crippen LogP contribution in [-0.4, -0.2) is 18.8 Å². The van der Waals surface area contributed by atoms with Gasteiger partial charge in [0.15, 0.2) is 11.5 Å². The lowest BCUT2D eigenvalue weighted by molar-refractivity contribution is 0.373. The second-order valence-electron chi connectivity index (χ2n) is 3.67. The Hall–Kier alpha value is -1.73. The number of nitrogens with zero attached hydrogens (tertiary/aromatic N) is 1. The average Bonchev–Trinajstić information content (AvgIpc) is 2.29. The molecular formula is C12H16N2O2. The molecule has 1 rings (SSSR count). The second-order valence-corrected chi connectivity index (χ2v) is 3.67. The number of nitrogens with one attached hydrogen (secondary N) is 1. The van der Waals surface area contributed by atoms with Gasteiger partial charge in [0, 0.05) is 13.1 Å². The van der Waals surface area contributed by atoms with Crippen molar-refractivity contribution in [2.75, 3.05) is 13.7 Å². The molecule has 0 aromatic heterocycles. The molecular weight excluding hydrogens is 204 g/mol. The summed E-state index contributed by atoms with van der Waals surface area (Å²) in [5, 5.41) is 21.3. The van der Waals surface area contributed by atoms with E-state index in [-0.39, 0.29) is 11.7 Å². The highest BCUT2D eigenvalue weighted by Gasteiger charge is 2.03. The third-order valence-corrected chi connectivity index (χ3v) is 2.24. The number of methoxy groups -OCH3 is 1. The first-order valence-electron chi connectivity index (χ1n) is 5.13. The van der Waals surface area contributed by atoms with E-state index in [0.717, 1.165) is 5.56 Å². The molecule has 0 aliphatic rings. The van der Waals surface area contributed by atoms with Gasteiger partial charge >= 0.3 is 0 Å². The first-order valence-corrected chi connectivity index (χ1v) is 5.13. The maximum atomic E-state index is 9.54. The molecule has 1 aromatic rings. The Kier molecular flexibility index (Phi) is 4.62. The molecule has 4 heteroatoms. The van der Waals surface area contributed by atoms with E-state index in [9.17, 15) is 5.11 Å². The van der Waals surface area contributed by atoms with Gasteiger partial charge in [-0.25, -0.2) is 0 Å². The minimum atomic E-state index is -0.00755. The van der Waals surface area contributed by atoms with Crippen molar-refractivity contribution in [2.24, 2.45) is 5.92 Å². The van der Waals surface area contributed by atoms with Crippen LogP contribution in [0.15, 0.2) is 18.2 Å². The van der Waals surface area contributed by atoms with Gasteiger partial charge in [0.1, 0.15) is 0 Å². The highest BCUT2D eigenvalue weighted by molar-refractivity contribution is 5.41. The van der Waals surface area contributed by atoms with E-state index in [2.05, 4.69) is 11.4 Å². The van der Waals surface area contributed by atoms with Gasteiger partial charge < -0.3 is 15.2 Å². The SMILES string of the molecule is COc1ccc(CNCC(C)C#N)cc1O. The molecule has 0 aliphatic carbocycles. The van der Waals surface area contributed by atoms with E-state index in [0.29, 0.717) is 18.8 Å². The van der Waals surface area contributed by atoms with Crippen LogP contribution in [0.25, 0.3) is 0 Å². The van der Waals surface area contributed by atoms with Crippen molar-refractivity contribution in [3.8, 4) is 17.6 Å². The van der Waals surface area contributed by atoms with Gasteiger partial charge in [-0.2, -0.15) is 5.26 Å². The Bertz CT molecular complexity index is 385. The normalized spacial score (nSPS) is 11.8. The quantitative estimate of drug-likeness (QED) is 0.792. The molecule has 0 spiro atoms. The smallest absolute Gasteiger partial charge is 0.160 e. The molecule has 1 unspecified atom stereocenters. The molecule has 16 heavy (non-hydrogen) atoms. The van der Waals surface area contributed by atoms with Gasteiger partial charge in [-0.05, 0) is 24.6 Å². The summed E-state index contributed by atoms with van der Waals surface area (Å²) in [6.45, 7) is 3.13. The largest absolute Gasteiger partial charge is 0.504 e. The number of phenolic OH excluding ortho intramolecular Hbond substituents is 1. The zero-order valence-corrected chi connectivity index (χ0v) is 9.53. The number of phenols is 1. The van der Waals surface area contributed by atoms with E-state index < -0.39 is 0 Å². The zero-order chi connectivity index (χ0) is 12.0. The summed E-state index contributed by atoms with van der Waals surface area (Å²) in [5.74, 6) is 0.594. The molecule has 0 aliphatic heterocycles. The molecule has 0 radical (unpaired) electrons. The highest BCUT2D eigenvalue weighted by atomic mass is 16.5. The van der Waals surface area contributed by atoms with Gasteiger partial charge in [-0.15, -0.1) is 0 Å². The number of nitriles is 1. The monoisotopic (exact) mass is 220 g/mol. The third kappa shape index (κ3) is 3.44. The lowest BCUT2D eigenvalue weighted by atomic mass is 10.2. The fourth-order valence-corrected chi connectivity index (χ4v) is 1.32. The van der Waals surface area contributed by atoms with Gasteiger partial charge in [0.25, 0.3) is 0 Å². The molecule has 4 nitrogen and oxygen atoms in total. The number of aromatic hydroxyl groups is 1. The summed E-state index contributed by atoms with van der Waals surface area (Å²) in [6.07, 6.45) is 0. The summed E-state index contributed by atoms with van der Waals surface area (Å²) in [4.78, 5) is 0. The Labute approximate surface area is 95.5 Å². The lowest BCUT2D eigenvalue weighted by Crippen LogP contribution is -2.19. The highest BCUT2D eigenvalue weighted by Crippen LogP contribution is 2.25. The van der Waals surface area contributed by atoms with Gasteiger partial charge in [-0.3, -0.25) is 0 Å². The van der Waals surface area contributed by atoms with E-state index in [1.165, 1.54) is 7.11 Å². The fraction of sp³-hybridized carbons (Fsp3) is 0.417. The van der Waals surface area contributed by atoms with Crippen molar-refractivity contribution in [3.05, 3.63) is 23.8 Å². The molecule has 0 amide bonds. The first kappa shape index (κ1) is 12.3. The van der Waals surface area contributed by atoms with Crippen molar-refractivity contribution in [2.45, 2.75) is 13.5 Å². The minimum absolute atomic E-state index is 0.00755. The summed E-state index contributed by atoms with van der Waals surface area (Å²) >= 11 is 0. The van der Waals surface area contributed by atoms with Crippen LogP contribution in [-0.2, 0) is 6.54 Å². The van der Waals surface area contributed by atoms with E-state index in [1.807, 2.05) is 13.0 Å². The van der Waals surface area contributed by atoms with E-state index in [4.69, 9.17) is 10.00 Å². The van der Waals surface area contributed by atoms with Crippen molar-refractivity contribution >= 4 is 0 Å². The van der Waals surface area contributed by atoms with Crippen molar-refractivity contribution in [1.82, 2.24) is 5.32 Å². The van der Waals surface area contributed by atoms with Crippen LogP contribution in [0, 0.1) is 17.2 Å². The van der Waals surface area contributed by atoms with Crippen LogP contribution < -0.4 is 10.1 Å². The molecule has 0 fully saturated rings. The molecule has 0 bridgehead atoms. The predicted octanol–water partition coefficient (Wildman–Crippen LogP) is 1.65. The average molecular weight is 220 g/mol. The zero-order valence-electron chi connectivity index (χ0n) is 9.53. The lowest BCUT2D eigenvalue weighted by Gasteiger charge is -2.08. The molecule has 86 valence electrons. The van der Waals surface area contributed by atoms with Crippen LogP contribution in [0.2, 0.25) is 0 Å². The molecule has 0 saturated carbocycles. The molecule has 0 heterocycles. The van der Waals surface area contributed by atoms with Gasteiger partial charge in [0.05, 0.1) is 19.1 Å². The van der Waals surface area contributed by atoms with Crippen LogP contribution in [0.1, 0.15) is 12.5 Å². The van der Waals surface area contributed by atoms with Crippen LogP contribution in [0.3, 0.4) is 0 Å². The summed E-state index contributed by atoms with van der Waals surface area (Å²) < 4.78 is 4.95. The van der Waals surface area contributed by atoms with Crippen molar-refractivity contribution < 1.29 is 9.84 Å². The maximum Gasteiger partial charge on any atom is 0.160 e. The van der Waals surface area contributed by atoms with Crippen LogP contribution in [0.5, 0.6) is 11.5 Å². The van der Waals surface area contributed by atoms with Crippen LogP contribution >= 0.6 is 0 Å². The Morgan fingerprint density at radius 2 is 2.31 bits per heavy atom. The predicted molar refractivity (Wildman–Crippen MR) is 61.1 cm³/mol. The van der Waals surface area contributed by atoms with Gasteiger partial charge in [0.2, 0.25) is 0 Å². The van der Waals surface area contributed by atoms with Crippen molar-refractivity contribution in [3.63, 3.8) is 0 Å². The van der Waals surface area contributed by atoms with Gasteiger partial charge in [-0.1, -0.05) is 6.07 Å². The minimum Gasteiger partial charge on any atom is -0.504 e. The number of hydrogen-bond acceptors (Lipinski definition) is 4. The van der Waals surface area contributed by atoms with E-state index in [1.54, 1.807) is 12.1 Å².